The minimum absolute atomic E-state index is 0.229. The maximum Gasteiger partial charge on any atom is 0.361 e. The zero-order chi connectivity index (χ0) is 9.97. The predicted molar refractivity (Wildman–Crippen MR) is 48.0 cm³/mol. The molecule has 0 saturated heterocycles. The van der Waals surface area contributed by atoms with E-state index < -0.39 is 11.5 Å². The van der Waals surface area contributed by atoms with Gasteiger partial charge in [0, 0.05) is 5.56 Å². The van der Waals surface area contributed by atoms with E-state index >= 15 is 0 Å². The quantitative estimate of drug-likeness (QED) is 0.730. The molecule has 2 rings (SSSR count). The van der Waals surface area contributed by atoms with Gasteiger partial charge in [0.1, 0.15) is 5.82 Å². The fraction of sp³-hybridized carbons (Fsp3) is 0. The van der Waals surface area contributed by atoms with Gasteiger partial charge >= 0.3 is 5.69 Å². The minimum Gasteiger partial charge on any atom is -0.244 e. The fourth-order valence-electron chi connectivity index (χ4n) is 1.11. The number of nitrogens with zero attached hydrogens (tertiary/aromatic N) is 2. The van der Waals surface area contributed by atoms with Crippen molar-refractivity contribution in [2.45, 2.75) is 0 Å². The summed E-state index contributed by atoms with van der Waals surface area (Å²) in [5, 5.41) is 5.66. The Balaban J connectivity index is 2.61. The molecule has 0 aliphatic rings. The molecule has 0 aliphatic heterocycles. The molecule has 5 heteroatoms. The maximum atomic E-state index is 13.2. The van der Waals surface area contributed by atoms with E-state index in [-0.39, 0.29) is 11.3 Å². The van der Waals surface area contributed by atoms with Crippen LogP contribution >= 0.6 is 0 Å². The van der Waals surface area contributed by atoms with Crippen LogP contribution in [0.2, 0.25) is 0 Å². The van der Waals surface area contributed by atoms with Gasteiger partial charge in [-0.1, -0.05) is 12.1 Å². The lowest BCUT2D eigenvalue weighted by atomic mass is 10.1. The molecule has 2 aromatic rings. The van der Waals surface area contributed by atoms with Crippen LogP contribution in [-0.2, 0) is 0 Å². The van der Waals surface area contributed by atoms with Crippen molar-refractivity contribution in [3.63, 3.8) is 0 Å². The molecule has 4 nitrogen and oxygen atoms in total. The maximum absolute atomic E-state index is 13.2. The van der Waals surface area contributed by atoms with Gasteiger partial charge in [-0.25, -0.2) is 14.3 Å². The van der Waals surface area contributed by atoms with Crippen LogP contribution in [0.3, 0.4) is 0 Å². The Morgan fingerprint density at radius 2 is 2.07 bits per heavy atom. The standard InChI is InChI=1S/C9H6FN3O/c10-7-4-2-1-3-6(7)8-5-11-13-9(14)12-8/h1-5H,(H,12,13,14). The molecule has 0 atom stereocenters. The number of H-pyrrole nitrogens is 1. The van der Waals surface area contributed by atoms with Gasteiger partial charge in [-0.05, 0) is 12.1 Å². The number of aromatic nitrogens is 3. The zero-order valence-electron chi connectivity index (χ0n) is 7.07. The van der Waals surface area contributed by atoms with Gasteiger partial charge in [-0.15, -0.1) is 0 Å². The predicted octanol–water partition coefficient (Wildman–Crippen LogP) is 0.971. The van der Waals surface area contributed by atoms with Crippen LogP contribution in [0.1, 0.15) is 0 Å². The molecular formula is C9H6FN3O. The molecule has 0 fully saturated rings. The lowest BCUT2D eigenvalue weighted by Gasteiger charge is -1.99. The van der Waals surface area contributed by atoms with Crippen LogP contribution in [0.15, 0.2) is 35.3 Å². The van der Waals surface area contributed by atoms with Gasteiger partial charge in [0.2, 0.25) is 0 Å². The van der Waals surface area contributed by atoms with E-state index in [1.165, 1.54) is 12.3 Å². The van der Waals surface area contributed by atoms with Crippen molar-refractivity contribution in [3.05, 3.63) is 46.8 Å². The Bertz CT molecular complexity index is 509. The number of nitrogens with one attached hydrogen (secondary N) is 1. The van der Waals surface area contributed by atoms with E-state index in [2.05, 4.69) is 15.2 Å². The summed E-state index contributed by atoms with van der Waals surface area (Å²) in [5.41, 5.74) is -0.0938. The van der Waals surface area contributed by atoms with E-state index in [1.807, 2.05) is 0 Å². The Kier molecular flexibility index (Phi) is 2.06. The third-order valence-electron chi connectivity index (χ3n) is 1.72. The van der Waals surface area contributed by atoms with Crippen LogP contribution in [0, 0.1) is 5.82 Å². The van der Waals surface area contributed by atoms with Gasteiger partial charge in [-0.2, -0.15) is 10.1 Å². The Morgan fingerprint density at radius 1 is 1.29 bits per heavy atom. The number of hydrogen-bond donors (Lipinski definition) is 1. The molecule has 1 N–H and O–H groups in total. The lowest BCUT2D eigenvalue weighted by molar-refractivity contribution is 0.630. The summed E-state index contributed by atoms with van der Waals surface area (Å²) in [6.45, 7) is 0. The van der Waals surface area contributed by atoms with E-state index in [9.17, 15) is 9.18 Å². The summed E-state index contributed by atoms with van der Waals surface area (Å²) in [6, 6.07) is 6.08. The van der Waals surface area contributed by atoms with Crippen molar-refractivity contribution in [1.82, 2.24) is 15.2 Å². The fourth-order valence-corrected chi connectivity index (χ4v) is 1.11. The largest absolute Gasteiger partial charge is 0.361 e. The molecule has 1 aromatic heterocycles. The SMILES string of the molecule is O=c1nc(-c2ccccc2F)cn[nH]1. The highest BCUT2D eigenvalue weighted by Crippen LogP contribution is 2.17. The van der Waals surface area contributed by atoms with Gasteiger partial charge in [-0.3, -0.25) is 0 Å². The van der Waals surface area contributed by atoms with Crippen LogP contribution < -0.4 is 5.69 Å². The highest BCUT2D eigenvalue weighted by Gasteiger charge is 2.05. The van der Waals surface area contributed by atoms with Gasteiger partial charge < -0.3 is 0 Å². The highest BCUT2D eigenvalue weighted by molar-refractivity contribution is 5.57. The second kappa shape index (κ2) is 3.37. The van der Waals surface area contributed by atoms with Crippen LogP contribution in [-0.4, -0.2) is 15.2 Å². The van der Waals surface area contributed by atoms with Crippen molar-refractivity contribution in [2.24, 2.45) is 0 Å². The molecule has 0 saturated carbocycles. The highest BCUT2D eigenvalue weighted by atomic mass is 19.1. The van der Waals surface area contributed by atoms with Gasteiger partial charge in [0.15, 0.2) is 0 Å². The van der Waals surface area contributed by atoms with Crippen LogP contribution in [0.5, 0.6) is 0 Å². The smallest absolute Gasteiger partial charge is 0.244 e. The van der Waals surface area contributed by atoms with E-state index in [0.29, 0.717) is 0 Å². The molecule has 14 heavy (non-hydrogen) atoms. The average Bonchev–Trinajstić information content (AvgIpc) is 2.18. The Labute approximate surface area is 78.4 Å². The number of hydrogen-bond acceptors (Lipinski definition) is 3. The summed E-state index contributed by atoms with van der Waals surface area (Å²) in [5.74, 6) is -0.424. The summed E-state index contributed by atoms with van der Waals surface area (Å²) in [7, 11) is 0. The van der Waals surface area contributed by atoms with Crippen LogP contribution in [0.25, 0.3) is 11.3 Å². The summed E-state index contributed by atoms with van der Waals surface area (Å²) < 4.78 is 13.2. The molecule has 0 radical (unpaired) electrons. The molecule has 0 spiro atoms. The summed E-state index contributed by atoms with van der Waals surface area (Å²) in [4.78, 5) is 14.4. The van der Waals surface area contributed by atoms with E-state index in [0.717, 1.165) is 0 Å². The van der Waals surface area contributed by atoms with Crippen molar-refractivity contribution in [3.8, 4) is 11.3 Å². The average molecular weight is 191 g/mol. The third kappa shape index (κ3) is 1.52. The molecular weight excluding hydrogens is 185 g/mol. The number of benzene rings is 1. The first kappa shape index (κ1) is 8.55. The van der Waals surface area contributed by atoms with Crippen molar-refractivity contribution in [2.75, 3.05) is 0 Å². The second-order valence-corrected chi connectivity index (χ2v) is 2.65. The lowest BCUT2D eigenvalue weighted by Crippen LogP contribution is -2.12. The van der Waals surface area contributed by atoms with Crippen molar-refractivity contribution < 1.29 is 4.39 Å². The van der Waals surface area contributed by atoms with Crippen molar-refractivity contribution >= 4 is 0 Å². The van der Waals surface area contributed by atoms with Crippen LogP contribution in [0.4, 0.5) is 4.39 Å². The summed E-state index contributed by atoms with van der Waals surface area (Å²) in [6.07, 6.45) is 1.31. The van der Waals surface area contributed by atoms with Gasteiger partial charge in [0.05, 0.1) is 11.9 Å². The molecule has 1 aromatic carbocycles. The molecule has 0 aliphatic carbocycles. The first-order chi connectivity index (χ1) is 6.77. The normalized spacial score (nSPS) is 10.1. The summed E-state index contributed by atoms with van der Waals surface area (Å²) >= 11 is 0. The molecule has 70 valence electrons. The molecule has 0 amide bonds. The Morgan fingerprint density at radius 3 is 2.79 bits per heavy atom. The second-order valence-electron chi connectivity index (χ2n) is 2.65. The third-order valence-corrected chi connectivity index (χ3v) is 1.72. The molecule has 0 unspecified atom stereocenters. The first-order valence-corrected chi connectivity index (χ1v) is 3.94. The topological polar surface area (TPSA) is 58.6 Å². The van der Waals surface area contributed by atoms with Crippen molar-refractivity contribution in [1.29, 1.82) is 0 Å². The first-order valence-electron chi connectivity index (χ1n) is 3.94. The van der Waals surface area contributed by atoms with E-state index in [4.69, 9.17) is 0 Å². The zero-order valence-corrected chi connectivity index (χ0v) is 7.07. The van der Waals surface area contributed by atoms with Gasteiger partial charge in [0.25, 0.3) is 0 Å². The Hall–Kier alpha value is -2.04. The minimum atomic E-state index is -0.592. The number of halogens is 1. The monoisotopic (exact) mass is 191 g/mol. The van der Waals surface area contributed by atoms with E-state index in [1.54, 1.807) is 18.2 Å². The number of rotatable bonds is 1. The molecule has 0 bridgehead atoms. The molecule has 1 heterocycles. The number of aromatic amines is 1.